The maximum absolute atomic E-state index is 13.4. The fraction of sp³-hybridized carbons (Fsp3) is 0.320. The number of benzene rings is 2. The van der Waals surface area contributed by atoms with Gasteiger partial charge in [-0.2, -0.15) is 0 Å². The molecule has 1 N–H and O–H groups in total. The van der Waals surface area contributed by atoms with Gasteiger partial charge >= 0.3 is 0 Å². The van der Waals surface area contributed by atoms with E-state index >= 15 is 0 Å². The number of allylic oxidation sites excluding steroid dienone is 3. The van der Waals surface area contributed by atoms with Crippen LogP contribution in [0.1, 0.15) is 40.2 Å². The third kappa shape index (κ3) is 3.92. The largest absolute Gasteiger partial charge is 0.326 e. The molecular formula is C25H29N3O2S. The van der Waals surface area contributed by atoms with Gasteiger partial charge in [-0.25, -0.2) is 13.4 Å². The highest BCUT2D eigenvalue weighted by molar-refractivity contribution is 7.93. The SMILES string of the molecule is CC1=C(C)C(C)C(S(=O)(=O)Nc2ccc3c(c2)ncn3Cc2ccccc2)C(C)=C1C. The molecule has 6 heteroatoms. The van der Waals surface area contributed by atoms with Gasteiger partial charge in [0.25, 0.3) is 0 Å². The number of anilines is 1. The van der Waals surface area contributed by atoms with Crippen LogP contribution in [0.3, 0.4) is 0 Å². The van der Waals surface area contributed by atoms with E-state index in [0.717, 1.165) is 34.3 Å². The molecular weight excluding hydrogens is 406 g/mol. The molecule has 0 aliphatic heterocycles. The second-order valence-corrected chi connectivity index (χ2v) is 10.3. The first-order chi connectivity index (χ1) is 14.7. The van der Waals surface area contributed by atoms with Gasteiger partial charge in [0.2, 0.25) is 10.0 Å². The number of rotatable bonds is 5. The van der Waals surface area contributed by atoms with Gasteiger partial charge in [-0.1, -0.05) is 42.8 Å². The zero-order chi connectivity index (χ0) is 22.3. The Morgan fingerprint density at radius 2 is 1.65 bits per heavy atom. The summed E-state index contributed by atoms with van der Waals surface area (Å²) in [5.74, 6) is -0.0741. The summed E-state index contributed by atoms with van der Waals surface area (Å²) in [6, 6.07) is 15.7. The van der Waals surface area contributed by atoms with E-state index in [1.807, 2.05) is 64.1 Å². The number of hydrogen-bond donors (Lipinski definition) is 1. The molecule has 0 spiro atoms. The normalized spacial score (nSPS) is 19.9. The molecule has 0 radical (unpaired) electrons. The Labute approximate surface area is 184 Å². The highest BCUT2D eigenvalue weighted by atomic mass is 32.2. The predicted molar refractivity (Wildman–Crippen MR) is 128 cm³/mol. The van der Waals surface area contributed by atoms with Crippen molar-refractivity contribution in [1.29, 1.82) is 0 Å². The predicted octanol–water partition coefficient (Wildman–Crippen LogP) is 5.52. The number of nitrogens with one attached hydrogen (secondary N) is 1. The first-order valence-electron chi connectivity index (χ1n) is 10.5. The van der Waals surface area contributed by atoms with E-state index in [2.05, 4.69) is 33.3 Å². The summed E-state index contributed by atoms with van der Waals surface area (Å²) in [6.45, 7) is 10.8. The Kier molecular flexibility index (Phi) is 5.52. The van der Waals surface area contributed by atoms with Crippen molar-refractivity contribution in [2.24, 2.45) is 5.92 Å². The summed E-state index contributed by atoms with van der Waals surface area (Å²) in [4.78, 5) is 4.49. The van der Waals surface area contributed by atoms with Crippen LogP contribution < -0.4 is 4.72 Å². The fourth-order valence-electron chi connectivity index (χ4n) is 4.51. The van der Waals surface area contributed by atoms with Crippen LogP contribution in [0.4, 0.5) is 5.69 Å². The van der Waals surface area contributed by atoms with E-state index in [9.17, 15) is 8.42 Å². The standard InChI is InChI=1S/C25H29N3O2S/c1-16-17(2)19(4)25(20(5)18(16)3)31(29,30)27-22-11-12-24-23(13-22)26-15-28(24)14-21-9-7-6-8-10-21/h6-13,15,19,25,27H,14H2,1-5H3. The topological polar surface area (TPSA) is 64.0 Å². The highest BCUT2D eigenvalue weighted by Crippen LogP contribution is 2.38. The summed E-state index contributed by atoms with van der Waals surface area (Å²) >= 11 is 0. The monoisotopic (exact) mass is 435 g/mol. The first-order valence-corrected chi connectivity index (χ1v) is 12.1. The van der Waals surface area contributed by atoms with Crippen molar-refractivity contribution in [3.05, 3.63) is 82.7 Å². The Hall–Kier alpha value is -2.86. The van der Waals surface area contributed by atoms with Gasteiger partial charge in [0.1, 0.15) is 5.25 Å². The Morgan fingerprint density at radius 3 is 2.35 bits per heavy atom. The van der Waals surface area contributed by atoms with E-state index in [4.69, 9.17) is 0 Å². The zero-order valence-corrected chi connectivity index (χ0v) is 19.5. The number of hydrogen-bond acceptors (Lipinski definition) is 3. The molecule has 31 heavy (non-hydrogen) atoms. The molecule has 1 heterocycles. The zero-order valence-electron chi connectivity index (χ0n) is 18.7. The van der Waals surface area contributed by atoms with Crippen molar-refractivity contribution in [2.75, 3.05) is 4.72 Å². The molecule has 2 atom stereocenters. The first kappa shape index (κ1) is 21.4. The average Bonchev–Trinajstić information content (AvgIpc) is 3.13. The van der Waals surface area contributed by atoms with Gasteiger partial charge in [-0.3, -0.25) is 4.72 Å². The maximum Gasteiger partial charge on any atom is 0.240 e. The van der Waals surface area contributed by atoms with Gasteiger partial charge in [0.05, 0.1) is 23.0 Å². The van der Waals surface area contributed by atoms with Crippen molar-refractivity contribution in [1.82, 2.24) is 9.55 Å². The number of aromatic nitrogens is 2. The molecule has 0 amide bonds. The third-order valence-electron chi connectivity index (χ3n) is 6.72. The molecule has 0 fully saturated rings. The lowest BCUT2D eigenvalue weighted by atomic mass is 9.81. The third-order valence-corrected chi connectivity index (χ3v) is 8.67. The average molecular weight is 436 g/mol. The van der Waals surface area contributed by atoms with E-state index < -0.39 is 15.3 Å². The van der Waals surface area contributed by atoms with Crippen LogP contribution in [0.5, 0.6) is 0 Å². The van der Waals surface area contributed by atoms with Gasteiger partial charge in [-0.15, -0.1) is 0 Å². The van der Waals surface area contributed by atoms with Gasteiger partial charge in [0.15, 0.2) is 0 Å². The van der Waals surface area contributed by atoms with Crippen LogP contribution in [-0.2, 0) is 16.6 Å². The molecule has 0 saturated carbocycles. The lowest BCUT2D eigenvalue weighted by Crippen LogP contribution is -2.37. The van der Waals surface area contributed by atoms with Crippen molar-refractivity contribution in [2.45, 2.75) is 46.4 Å². The Morgan fingerprint density at radius 1 is 0.968 bits per heavy atom. The molecule has 2 aromatic carbocycles. The van der Waals surface area contributed by atoms with Gasteiger partial charge in [0, 0.05) is 6.54 Å². The van der Waals surface area contributed by atoms with Crippen LogP contribution in [0, 0.1) is 5.92 Å². The van der Waals surface area contributed by atoms with E-state index in [1.165, 1.54) is 11.1 Å². The van der Waals surface area contributed by atoms with Crippen LogP contribution in [0.25, 0.3) is 11.0 Å². The molecule has 2 unspecified atom stereocenters. The van der Waals surface area contributed by atoms with Crippen molar-refractivity contribution in [3.8, 4) is 0 Å². The summed E-state index contributed by atoms with van der Waals surface area (Å²) < 4.78 is 31.6. The quantitative estimate of drug-likeness (QED) is 0.574. The summed E-state index contributed by atoms with van der Waals surface area (Å²) in [7, 11) is -3.61. The minimum Gasteiger partial charge on any atom is -0.326 e. The van der Waals surface area contributed by atoms with Crippen LogP contribution in [0.15, 0.2) is 77.2 Å². The van der Waals surface area contributed by atoms with Crippen molar-refractivity contribution < 1.29 is 8.42 Å². The number of fused-ring (bicyclic) bond motifs is 1. The molecule has 1 aliphatic carbocycles. The van der Waals surface area contributed by atoms with E-state index in [0.29, 0.717) is 5.69 Å². The summed E-state index contributed by atoms with van der Waals surface area (Å²) in [5, 5.41) is -0.581. The number of nitrogens with zero attached hydrogens (tertiary/aromatic N) is 2. The Bertz CT molecular complexity index is 1300. The van der Waals surface area contributed by atoms with E-state index in [1.54, 1.807) is 6.33 Å². The highest BCUT2D eigenvalue weighted by Gasteiger charge is 2.37. The minimum atomic E-state index is -3.61. The molecule has 0 bridgehead atoms. The van der Waals surface area contributed by atoms with Crippen molar-refractivity contribution >= 4 is 26.7 Å². The van der Waals surface area contributed by atoms with E-state index in [-0.39, 0.29) is 5.92 Å². The van der Waals surface area contributed by atoms with Gasteiger partial charge < -0.3 is 4.57 Å². The molecule has 3 aromatic rings. The molecule has 1 aliphatic rings. The molecule has 4 rings (SSSR count). The van der Waals surface area contributed by atoms with Crippen LogP contribution >= 0.6 is 0 Å². The lowest BCUT2D eigenvalue weighted by molar-refractivity contribution is 0.560. The summed E-state index contributed by atoms with van der Waals surface area (Å²) in [6.07, 6.45) is 1.80. The minimum absolute atomic E-state index is 0.0741. The molecule has 0 saturated heterocycles. The van der Waals surface area contributed by atoms with Crippen LogP contribution in [-0.4, -0.2) is 23.2 Å². The number of imidazole rings is 1. The summed E-state index contributed by atoms with van der Waals surface area (Å²) in [5.41, 5.74) is 7.78. The van der Waals surface area contributed by atoms with Gasteiger partial charge in [-0.05, 0) is 74.1 Å². The molecule has 162 valence electrons. The maximum atomic E-state index is 13.4. The Balaban J connectivity index is 1.61. The smallest absolute Gasteiger partial charge is 0.240 e. The fourth-order valence-corrected chi connectivity index (χ4v) is 6.48. The molecule has 1 aromatic heterocycles. The second kappa shape index (κ2) is 8.00. The second-order valence-electron chi connectivity index (χ2n) is 8.53. The number of sulfonamides is 1. The lowest BCUT2D eigenvalue weighted by Gasteiger charge is -2.33. The van der Waals surface area contributed by atoms with Crippen LogP contribution in [0.2, 0.25) is 0 Å². The molecule has 5 nitrogen and oxygen atoms in total. The van der Waals surface area contributed by atoms with Crippen molar-refractivity contribution in [3.63, 3.8) is 0 Å².